The summed E-state index contributed by atoms with van der Waals surface area (Å²) < 4.78 is 0. The molecule has 0 aliphatic carbocycles. The van der Waals surface area contributed by atoms with Crippen LogP contribution in [0.1, 0.15) is 67.4 Å². The van der Waals surface area contributed by atoms with Gasteiger partial charge in [0.2, 0.25) is 0 Å². The van der Waals surface area contributed by atoms with E-state index in [1.54, 1.807) is 0 Å². The molecule has 32 heavy (non-hydrogen) atoms. The molecule has 1 amide bonds. The smallest absolute Gasteiger partial charge is 0.253 e. The molecule has 2 aliphatic rings. The molecule has 0 bridgehead atoms. The van der Waals surface area contributed by atoms with Crippen molar-refractivity contribution in [3.8, 4) is 0 Å². The first-order chi connectivity index (χ1) is 15.7. The molecule has 0 spiro atoms. The van der Waals surface area contributed by atoms with Gasteiger partial charge in [-0.25, -0.2) is 0 Å². The van der Waals surface area contributed by atoms with Gasteiger partial charge in [0, 0.05) is 37.4 Å². The summed E-state index contributed by atoms with van der Waals surface area (Å²) in [5.41, 5.74) is 7.49. The second-order valence-corrected chi connectivity index (χ2v) is 8.88. The highest BCUT2D eigenvalue weighted by Crippen LogP contribution is 2.33. The molecule has 2 aromatic carbocycles. The first kappa shape index (κ1) is 22.6. The quantitative estimate of drug-likeness (QED) is 0.670. The van der Waals surface area contributed by atoms with Crippen molar-refractivity contribution in [1.82, 2.24) is 10.2 Å². The van der Waals surface area contributed by atoms with Crippen LogP contribution in [-0.2, 0) is 0 Å². The summed E-state index contributed by atoms with van der Waals surface area (Å²) in [5, 5.41) is 3.49. The second kappa shape index (κ2) is 10.8. The molecule has 4 rings (SSSR count). The van der Waals surface area contributed by atoms with Gasteiger partial charge < -0.3 is 15.1 Å². The van der Waals surface area contributed by atoms with Crippen LogP contribution in [0, 0.1) is 0 Å². The number of piperidine rings is 2. The van der Waals surface area contributed by atoms with Gasteiger partial charge in [-0.15, -0.1) is 0 Å². The van der Waals surface area contributed by atoms with E-state index in [9.17, 15) is 4.79 Å². The monoisotopic (exact) mass is 431 g/mol. The zero-order chi connectivity index (χ0) is 22.3. The molecule has 2 aromatic rings. The summed E-state index contributed by atoms with van der Waals surface area (Å²) in [5.74, 6) is 0.115. The van der Waals surface area contributed by atoms with E-state index in [0.717, 1.165) is 57.7 Å². The highest BCUT2D eigenvalue weighted by Gasteiger charge is 2.18. The minimum Gasteiger partial charge on any atom is -0.372 e. The largest absolute Gasteiger partial charge is 0.372 e. The Kier molecular flexibility index (Phi) is 7.64. The van der Waals surface area contributed by atoms with E-state index >= 15 is 0 Å². The maximum absolute atomic E-state index is 12.8. The maximum atomic E-state index is 12.8. The molecule has 2 heterocycles. The summed E-state index contributed by atoms with van der Waals surface area (Å²) in [6, 6.07) is 17.4. The van der Waals surface area contributed by atoms with Crippen LogP contribution in [0.15, 0.2) is 54.1 Å². The van der Waals surface area contributed by atoms with E-state index in [2.05, 4.69) is 46.6 Å². The van der Waals surface area contributed by atoms with E-state index in [1.807, 2.05) is 30.9 Å². The van der Waals surface area contributed by atoms with Crippen LogP contribution >= 0.6 is 0 Å². The molecule has 0 saturated carbocycles. The SMILES string of the molecule is CCN(CC)C(=O)c1ccc(C(=C2CCNCC2)c2cccc(N3CCCCC3)c2)cc1. The molecular formula is C28H37N3O. The van der Waals surface area contributed by atoms with E-state index < -0.39 is 0 Å². The van der Waals surface area contributed by atoms with Gasteiger partial charge in [-0.2, -0.15) is 0 Å². The van der Waals surface area contributed by atoms with E-state index in [0.29, 0.717) is 0 Å². The lowest BCUT2D eigenvalue weighted by atomic mass is 9.88. The van der Waals surface area contributed by atoms with Gasteiger partial charge in [0.1, 0.15) is 0 Å². The number of benzene rings is 2. The Bertz CT molecular complexity index is 929. The van der Waals surface area contributed by atoms with Crippen LogP contribution in [0.2, 0.25) is 0 Å². The Morgan fingerprint density at radius 3 is 2.19 bits per heavy atom. The van der Waals surface area contributed by atoms with E-state index in [4.69, 9.17) is 0 Å². The second-order valence-electron chi connectivity index (χ2n) is 8.88. The summed E-state index contributed by atoms with van der Waals surface area (Å²) >= 11 is 0. The van der Waals surface area contributed by atoms with Gasteiger partial charge in [-0.3, -0.25) is 4.79 Å². The topological polar surface area (TPSA) is 35.6 Å². The van der Waals surface area contributed by atoms with Gasteiger partial charge in [0.05, 0.1) is 0 Å². The summed E-state index contributed by atoms with van der Waals surface area (Å²) in [7, 11) is 0. The molecule has 4 nitrogen and oxygen atoms in total. The van der Waals surface area contributed by atoms with E-state index in [1.165, 1.54) is 47.2 Å². The number of amides is 1. The molecule has 170 valence electrons. The summed E-state index contributed by atoms with van der Waals surface area (Å²) in [6.45, 7) is 9.91. The van der Waals surface area contributed by atoms with Gasteiger partial charge in [-0.1, -0.05) is 29.8 Å². The number of nitrogens with one attached hydrogen (secondary N) is 1. The third-order valence-electron chi connectivity index (χ3n) is 6.89. The molecule has 2 fully saturated rings. The molecule has 0 aromatic heterocycles. The first-order valence-electron chi connectivity index (χ1n) is 12.4. The number of nitrogens with zero attached hydrogens (tertiary/aromatic N) is 2. The highest BCUT2D eigenvalue weighted by atomic mass is 16.2. The highest BCUT2D eigenvalue weighted by molar-refractivity contribution is 5.95. The fraction of sp³-hybridized carbons (Fsp3) is 0.464. The summed E-state index contributed by atoms with van der Waals surface area (Å²) in [6.07, 6.45) is 6.06. The molecule has 2 aliphatic heterocycles. The Hall–Kier alpha value is -2.59. The summed E-state index contributed by atoms with van der Waals surface area (Å²) in [4.78, 5) is 17.2. The predicted molar refractivity (Wildman–Crippen MR) is 134 cm³/mol. The average molecular weight is 432 g/mol. The number of carbonyl (C=O) groups excluding carboxylic acids is 1. The van der Waals surface area contributed by atoms with Crippen molar-refractivity contribution in [3.05, 3.63) is 70.8 Å². The third kappa shape index (κ3) is 5.07. The van der Waals surface area contributed by atoms with Crippen LogP contribution < -0.4 is 10.2 Å². The van der Waals surface area contributed by atoms with Crippen molar-refractivity contribution in [2.24, 2.45) is 0 Å². The van der Waals surface area contributed by atoms with Gasteiger partial charge in [-0.05, 0) is 100 Å². The predicted octanol–water partition coefficient (Wildman–Crippen LogP) is 5.34. The van der Waals surface area contributed by atoms with Crippen LogP contribution in [0.4, 0.5) is 5.69 Å². The zero-order valence-corrected chi connectivity index (χ0v) is 19.7. The molecular weight excluding hydrogens is 394 g/mol. The van der Waals surface area contributed by atoms with Gasteiger partial charge >= 0.3 is 0 Å². The maximum Gasteiger partial charge on any atom is 0.253 e. The molecule has 0 atom stereocenters. The minimum atomic E-state index is 0.115. The fourth-order valence-corrected chi connectivity index (χ4v) is 5.04. The lowest BCUT2D eigenvalue weighted by Gasteiger charge is -2.29. The zero-order valence-electron chi connectivity index (χ0n) is 19.7. The molecule has 2 saturated heterocycles. The van der Waals surface area contributed by atoms with Crippen molar-refractivity contribution in [1.29, 1.82) is 0 Å². The lowest BCUT2D eigenvalue weighted by molar-refractivity contribution is 0.0773. The number of anilines is 1. The Morgan fingerprint density at radius 1 is 0.875 bits per heavy atom. The number of rotatable bonds is 6. The number of hydrogen-bond donors (Lipinski definition) is 1. The first-order valence-corrected chi connectivity index (χ1v) is 12.4. The average Bonchev–Trinajstić information content (AvgIpc) is 2.87. The van der Waals surface area contributed by atoms with E-state index in [-0.39, 0.29) is 5.91 Å². The van der Waals surface area contributed by atoms with Crippen molar-refractivity contribution in [2.75, 3.05) is 44.2 Å². The Morgan fingerprint density at radius 2 is 1.53 bits per heavy atom. The van der Waals surface area contributed by atoms with Crippen molar-refractivity contribution in [3.63, 3.8) is 0 Å². The Labute approximate surface area is 193 Å². The fourth-order valence-electron chi connectivity index (χ4n) is 5.04. The normalized spacial score (nSPS) is 16.7. The molecule has 4 heteroatoms. The van der Waals surface area contributed by atoms with Crippen LogP contribution in [0.3, 0.4) is 0 Å². The van der Waals surface area contributed by atoms with Gasteiger partial charge in [0.25, 0.3) is 5.91 Å². The Balaban J connectivity index is 1.69. The van der Waals surface area contributed by atoms with Crippen LogP contribution in [0.5, 0.6) is 0 Å². The molecule has 0 unspecified atom stereocenters. The van der Waals surface area contributed by atoms with Crippen LogP contribution in [0.25, 0.3) is 5.57 Å². The minimum absolute atomic E-state index is 0.115. The van der Waals surface area contributed by atoms with Crippen molar-refractivity contribution in [2.45, 2.75) is 46.0 Å². The van der Waals surface area contributed by atoms with Crippen LogP contribution in [-0.4, -0.2) is 50.1 Å². The number of hydrogen-bond acceptors (Lipinski definition) is 3. The van der Waals surface area contributed by atoms with Gasteiger partial charge in [0.15, 0.2) is 0 Å². The van der Waals surface area contributed by atoms with Crippen molar-refractivity contribution < 1.29 is 4.79 Å². The standard InChI is InChI=1S/C28H37N3O/c1-3-30(4-2)28(32)24-13-11-22(12-14-24)27(23-15-17-29-18-16-23)25-9-8-10-26(21-25)31-19-6-5-7-20-31/h8-14,21,29H,3-7,15-20H2,1-2H3. The lowest BCUT2D eigenvalue weighted by Crippen LogP contribution is -2.30. The van der Waals surface area contributed by atoms with Crippen molar-refractivity contribution >= 4 is 17.2 Å². The third-order valence-corrected chi connectivity index (χ3v) is 6.89. The molecule has 0 radical (unpaired) electrons. The molecule has 1 N–H and O–H groups in total. The number of carbonyl (C=O) groups is 1.